The van der Waals surface area contributed by atoms with E-state index in [9.17, 15) is 29.7 Å². The summed E-state index contributed by atoms with van der Waals surface area (Å²) >= 11 is 0. The molecule has 0 aromatic heterocycles. The van der Waals surface area contributed by atoms with Gasteiger partial charge in [-0.3, -0.25) is 14.4 Å². The SMILES string of the molecule is CC(=O)CC(=O)C(CO)C(CCO)CC1CC(=O)c2c(O)ccc(CN(C)C)c2C1.O.[HH].[HH]. The molecule has 0 radical (unpaired) electrons. The van der Waals surface area contributed by atoms with Crippen LogP contribution in [0.5, 0.6) is 5.75 Å². The molecule has 0 aliphatic heterocycles. The zero-order valence-electron chi connectivity index (χ0n) is 18.6. The van der Waals surface area contributed by atoms with Crippen LogP contribution in [0, 0.1) is 17.8 Å². The Labute approximate surface area is 186 Å². The van der Waals surface area contributed by atoms with Crippen molar-refractivity contribution >= 4 is 17.3 Å². The number of benzene rings is 1. The summed E-state index contributed by atoms with van der Waals surface area (Å²) in [5.74, 6) is -1.83. The second-order valence-electron chi connectivity index (χ2n) is 8.67. The number of carbonyl (C=O) groups excluding carboxylic acids is 3. The fourth-order valence-electron chi connectivity index (χ4n) is 4.57. The third kappa shape index (κ3) is 6.93. The normalized spacial score (nSPS) is 17.6. The van der Waals surface area contributed by atoms with Crippen LogP contribution in [-0.4, -0.2) is 70.4 Å². The highest BCUT2D eigenvalue weighted by atomic mass is 16.3. The van der Waals surface area contributed by atoms with Gasteiger partial charge in [0, 0.05) is 28.3 Å². The Morgan fingerprint density at radius 2 is 1.90 bits per heavy atom. The molecule has 0 bridgehead atoms. The first-order valence-corrected chi connectivity index (χ1v) is 10.4. The summed E-state index contributed by atoms with van der Waals surface area (Å²) in [7, 11) is 3.87. The fraction of sp³-hybridized carbons (Fsp3) is 0.609. The fourth-order valence-corrected chi connectivity index (χ4v) is 4.57. The van der Waals surface area contributed by atoms with Gasteiger partial charge in [0.05, 0.1) is 18.6 Å². The molecule has 0 heterocycles. The number of aromatic hydroxyl groups is 1. The summed E-state index contributed by atoms with van der Waals surface area (Å²) in [6, 6.07) is 3.40. The number of hydrogen-bond acceptors (Lipinski definition) is 7. The molecule has 1 aromatic rings. The second kappa shape index (κ2) is 12.0. The highest BCUT2D eigenvalue weighted by Gasteiger charge is 2.34. The van der Waals surface area contributed by atoms with Crippen LogP contribution in [0.4, 0.5) is 0 Å². The smallest absolute Gasteiger partial charge is 0.167 e. The van der Waals surface area contributed by atoms with Crippen molar-refractivity contribution in [3.05, 3.63) is 28.8 Å². The maximum Gasteiger partial charge on any atom is 0.167 e. The summed E-state index contributed by atoms with van der Waals surface area (Å²) in [6.45, 7) is 1.45. The zero-order chi connectivity index (χ0) is 22.4. The van der Waals surface area contributed by atoms with E-state index in [1.807, 2.05) is 25.1 Å². The van der Waals surface area contributed by atoms with Gasteiger partial charge in [0.15, 0.2) is 5.78 Å². The maximum absolute atomic E-state index is 12.8. The molecule has 2 rings (SSSR count). The third-order valence-corrected chi connectivity index (χ3v) is 5.86. The van der Waals surface area contributed by atoms with E-state index < -0.39 is 5.92 Å². The molecule has 0 fully saturated rings. The standard InChI is InChI=1S/C23H33NO6.H2O.2H2/c1-14(27)8-21(29)19(13-26)16(6-7-25)9-15-10-18-17(12-24(2)3)4-5-20(28)23(18)22(30)11-15;;;/h4-5,15-16,19,25-26,28H,6-13H2,1-3H3;1H2;2*1H. The monoisotopic (exact) mass is 441 g/mol. The Bertz CT molecular complexity index is 801. The molecule has 1 aromatic carbocycles. The molecular weight excluding hydrogens is 402 g/mol. The summed E-state index contributed by atoms with van der Waals surface area (Å²) in [5.41, 5.74) is 2.20. The number of aliphatic hydroxyl groups is 2. The van der Waals surface area contributed by atoms with Crippen molar-refractivity contribution in [1.82, 2.24) is 4.90 Å². The first-order chi connectivity index (χ1) is 14.2. The van der Waals surface area contributed by atoms with Crippen molar-refractivity contribution in [1.29, 1.82) is 0 Å². The lowest BCUT2D eigenvalue weighted by Crippen LogP contribution is -2.32. The Balaban J connectivity index is 0. The van der Waals surface area contributed by atoms with Gasteiger partial charge in [-0.15, -0.1) is 0 Å². The number of carbonyl (C=O) groups is 3. The van der Waals surface area contributed by atoms with Crippen molar-refractivity contribution in [2.24, 2.45) is 17.8 Å². The van der Waals surface area contributed by atoms with Crippen LogP contribution in [0.15, 0.2) is 12.1 Å². The van der Waals surface area contributed by atoms with Crippen molar-refractivity contribution in [3.63, 3.8) is 0 Å². The minimum absolute atomic E-state index is 0. The molecule has 0 spiro atoms. The van der Waals surface area contributed by atoms with E-state index in [1.54, 1.807) is 6.07 Å². The van der Waals surface area contributed by atoms with E-state index in [0.29, 0.717) is 31.4 Å². The molecule has 1 aliphatic carbocycles. The number of ketones is 3. The highest BCUT2D eigenvalue weighted by molar-refractivity contribution is 6.01. The van der Waals surface area contributed by atoms with Crippen LogP contribution in [-0.2, 0) is 22.6 Å². The van der Waals surface area contributed by atoms with Crippen molar-refractivity contribution in [2.75, 3.05) is 27.3 Å². The van der Waals surface area contributed by atoms with E-state index in [-0.39, 0.29) is 69.3 Å². The quantitative estimate of drug-likeness (QED) is 0.440. The summed E-state index contributed by atoms with van der Waals surface area (Å²) in [6.07, 6.45) is 1.39. The van der Waals surface area contributed by atoms with Crippen LogP contribution in [0.2, 0.25) is 0 Å². The van der Waals surface area contributed by atoms with Crippen LogP contribution >= 0.6 is 0 Å². The molecule has 0 saturated carbocycles. The summed E-state index contributed by atoms with van der Waals surface area (Å²) < 4.78 is 0. The predicted molar refractivity (Wildman–Crippen MR) is 120 cm³/mol. The van der Waals surface area contributed by atoms with Gasteiger partial charge >= 0.3 is 0 Å². The molecule has 3 atom stereocenters. The molecule has 178 valence electrons. The number of hydrogen-bond donors (Lipinski definition) is 3. The number of phenolic OH excluding ortho intramolecular Hbond substituents is 1. The molecular formula is C23H39NO7. The number of aliphatic hydroxyl groups excluding tert-OH is 2. The van der Waals surface area contributed by atoms with Crippen LogP contribution in [0.1, 0.15) is 56.9 Å². The van der Waals surface area contributed by atoms with Gasteiger partial charge in [-0.05, 0) is 69.3 Å². The van der Waals surface area contributed by atoms with E-state index in [2.05, 4.69) is 0 Å². The first-order valence-electron chi connectivity index (χ1n) is 10.4. The Morgan fingerprint density at radius 3 is 2.45 bits per heavy atom. The number of rotatable bonds is 11. The van der Waals surface area contributed by atoms with E-state index in [1.165, 1.54) is 6.92 Å². The van der Waals surface area contributed by atoms with Gasteiger partial charge < -0.3 is 25.7 Å². The molecule has 0 saturated heterocycles. The van der Waals surface area contributed by atoms with Crippen molar-refractivity contribution in [2.45, 2.75) is 45.6 Å². The molecule has 3 unspecified atom stereocenters. The number of Topliss-reactive ketones (excluding diaryl/α,β-unsaturated/α-hetero) is 3. The van der Waals surface area contributed by atoms with Crippen LogP contribution in [0.3, 0.4) is 0 Å². The van der Waals surface area contributed by atoms with Gasteiger partial charge in [0.2, 0.25) is 0 Å². The van der Waals surface area contributed by atoms with Crippen LogP contribution < -0.4 is 0 Å². The highest BCUT2D eigenvalue weighted by Crippen LogP contribution is 2.38. The Kier molecular flexibility index (Phi) is 10.5. The molecule has 8 heteroatoms. The molecule has 1 aliphatic rings. The Hall–Kier alpha value is -2.13. The Morgan fingerprint density at radius 1 is 1.23 bits per heavy atom. The molecule has 8 nitrogen and oxygen atoms in total. The summed E-state index contributed by atoms with van der Waals surface area (Å²) in [4.78, 5) is 38.6. The van der Waals surface area contributed by atoms with Gasteiger partial charge in [-0.25, -0.2) is 0 Å². The predicted octanol–water partition coefficient (Wildman–Crippen LogP) is 1.41. The minimum atomic E-state index is -0.733. The lowest BCUT2D eigenvalue weighted by molar-refractivity contribution is -0.131. The number of fused-ring (bicyclic) bond motifs is 1. The van der Waals surface area contributed by atoms with E-state index in [0.717, 1.165) is 11.1 Å². The average Bonchev–Trinajstić information content (AvgIpc) is 2.63. The zero-order valence-corrected chi connectivity index (χ0v) is 18.6. The van der Waals surface area contributed by atoms with Crippen molar-refractivity contribution < 1.29 is 38.0 Å². The first kappa shape index (κ1) is 26.9. The van der Waals surface area contributed by atoms with Gasteiger partial charge in [-0.2, -0.15) is 0 Å². The summed E-state index contributed by atoms with van der Waals surface area (Å²) in [5, 5.41) is 29.5. The maximum atomic E-state index is 12.8. The molecule has 0 amide bonds. The van der Waals surface area contributed by atoms with Gasteiger partial charge in [-0.1, -0.05) is 6.07 Å². The molecule has 5 N–H and O–H groups in total. The topological polar surface area (TPSA) is 147 Å². The molecule has 31 heavy (non-hydrogen) atoms. The van der Waals surface area contributed by atoms with E-state index >= 15 is 0 Å². The van der Waals surface area contributed by atoms with Gasteiger partial charge in [0.1, 0.15) is 17.3 Å². The van der Waals surface area contributed by atoms with Gasteiger partial charge in [0.25, 0.3) is 0 Å². The van der Waals surface area contributed by atoms with E-state index in [4.69, 9.17) is 0 Å². The third-order valence-electron chi connectivity index (χ3n) is 5.86. The lowest BCUT2D eigenvalue weighted by Gasteiger charge is -2.32. The number of phenols is 1. The minimum Gasteiger partial charge on any atom is -0.507 e. The van der Waals surface area contributed by atoms with Crippen molar-refractivity contribution in [3.8, 4) is 5.75 Å². The second-order valence-corrected chi connectivity index (χ2v) is 8.67. The number of nitrogens with zero attached hydrogens (tertiary/aromatic N) is 1. The average molecular weight is 442 g/mol. The lowest BCUT2D eigenvalue weighted by atomic mass is 9.73. The van der Waals surface area contributed by atoms with Crippen LogP contribution in [0.25, 0.3) is 0 Å². The largest absolute Gasteiger partial charge is 0.507 e.